The monoisotopic (exact) mass is 168 g/mol. The van der Waals surface area contributed by atoms with E-state index in [4.69, 9.17) is 6.42 Å². The lowest BCUT2D eigenvalue weighted by Gasteiger charge is -2.03. The normalized spacial score (nSPS) is 8.77. The third-order valence-corrected chi connectivity index (χ3v) is 1.86. The summed E-state index contributed by atoms with van der Waals surface area (Å²) in [6.45, 7) is 4.34. The van der Waals surface area contributed by atoms with Crippen LogP contribution in [0.2, 0.25) is 0 Å². The van der Waals surface area contributed by atoms with Crippen LogP contribution in [0.5, 0.6) is 0 Å². The number of hydrogen-bond acceptors (Lipinski definition) is 0. The Balaban J connectivity index is 2.89. The molecule has 0 N–H and O–H groups in total. The van der Waals surface area contributed by atoms with Crippen LogP contribution >= 0.6 is 0 Å². The molecular formula is C13H12. The fourth-order valence-corrected chi connectivity index (χ4v) is 1.06. The molecule has 0 atom stereocenters. The second-order valence-electron chi connectivity index (χ2n) is 3.17. The Morgan fingerprint density at radius 2 is 1.77 bits per heavy atom. The highest BCUT2D eigenvalue weighted by Gasteiger charge is 1.96. The summed E-state index contributed by atoms with van der Waals surface area (Å²) in [5.74, 6) is 8.32. The highest BCUT2D eigenvalue weighted by Crippen LogP contribution is 2.13. The van der Waals surface area contributed by atoms with Gasteiger partial charge in [0.2, 0.25) is 0 Å². The first kappa shape index (κ1) is 9.43. The number of benzene rings is 1. The van der Waals surface area contributed by atoms with Crippen LogP contribution in [0.25, 0.3) is 0 Å². The maximum atomic E-state index is 5.03. The van der Waals surface area contributed by atoms with Crippen molar-refractivity contribution < 1.29 is 0 Å². The van der Waals surface area contributed by atoms with Crippen LogP contribution in [-0.2, 0) is 0 Å². The van der Waals surface area contributed by atoms with Crippen LogP contribution in [0, 0.1) is 24.2 Å². The van der Waals surface area contributed by atoms with Gasteiger partial charge in [-0.3, -0.25) is 0 Å². The van der Waals surface area contributed by atoms with Gasteiger partial charge in [0.25, 0.3) is 0 Å². The second kappa shape index (κ2) is 4.39. The Labute approximate surface area is 80.0 Å². The number of rotatable bonds is 1. The highest BCUT2D eigenvalue weighted by atomic mass is 14.0. The van der Waals surface area contributed by atoms with Crippen molar-refractivity contribution in [1.29, 1.82) is 0 Å². The first-order chi connectivity index (χ1) is 6.24. The molecule has 0 heterocycles. The molecule has 0 heteroatoms. The molecular weight excluding hydrogens is 156 g/mol. The third kappa shape index (κ3) is 2.69. The van der Waals surface area contributed by atoms with Gasteiger partial charge in [0.05, 0.1) is 0 Å². The fraction of sp³-hybridized carbons (Fsp3) is 0.231. The lowest BCUT2D eigenvalue weighted by molar-refractivity contribution is 0.866. The van der Waals surface area contributed by atoms with Crippen molar-refractivity contribution in [2.45, 2.75) is 19.8 Å². The van der Waals surface area contributed by atoms with Gasteiger partial charge >= 0.3 is 0 Å². The zero-order chi connectivity index (χ0) is 9.68. The van der Waals surface area contributed by atoms with Gasteiger partial charge in [0.1, 0.15) is 0 Å². The summed E-state index contributed by atoms with van der Waals surface area (Å²) in [5, 5.41) is 0. The molecule has 0 aliphatic carbocycles. The van der Waals surface area contributed by atoms with Gasteiger partial charge in [-0.1, -0.05) is 31.9 Å². The summed E-state index contributed by atoms with van der Waals surface area (Å²) >= 11 is 0. The topological polar surface area (TPSA) is 0 Å². The Morgan fingerprint density at radius 1 is 1.15 bits per heavy atom. The van der Waals surface area contributed by atoms with Crippen molar-refractivity contribution in [2.24, 2.45) is 0 Å². The molecule has 1 rings (SSSR count). The van der Waals surface area contributed by atoms with E-state index >= 15 is 0 Å². The predicted octanol–water partition coefficient (Wildman–Crippen LogP) is 2.79. The zero-order valence-corrected chi connectivity index (χ0v) is 7.96. The van der Waals surface area contributed by atoms with Crippen molar-refractivity contribution in [3.8, 4) is 24.2 Å². The van der Waals surface area contributed by atoms with Crippen molar-refractivity contribution in [2.75, 3.05) is 0 Å². The lowest BCUT2D eigenvalue weighted by Crippen LogP contribution is -1.86. The summed E-state index contributed by atoms with van der Waals surface area (Å²) in [7, 11) is 0. The summed E-state index contributed by atoms with van der Waals surface area (Å²) in [5.41, 5.74) is 2.30. The van der Waals surface area contributed by atoms with Crippen LogP contribution < -0.4 is 0 Å². The van der Waals surface area contributed by atoms with E-state index in [0.29, 0.717) is 5.92 Å². The van der Waals surface area contributed by atoms with Crippen LogP contribution in [0.3, 0.4) is 0 Å². The van der Waals surface area contributed by atoms with Gasteiger partial charge < -0.3 is 0 Å². The first-order valence-corrected chi connectivity index (χ1v) is 4.30. The predicted molar refractivity (Wildman–Crippen MR) is 56.2 cm³/mol. The van der Waals surface area contributed by atoms with Gasteiger partial charge in [0.15, 0.2) is 0 Å². The van der Waals surface area contributed by atoms with Crippen LogP contribution in [0.4, 0.5) is 0 Å². The Kier molecular flexibility index (Phi) is 3.18. The molecule has 13 heavy (non-hydrogen) atoms. The van der Waals surface area contributed by atoms with Crippen LogP contribution in [-0.4, -0.2) is 0 Å². The molecule has 0 aliphatic heterocycles. The standard InChI is InChI=1S/C13H12/c1-4-5-6-12-7-9-13(10-8-12)11(2)3/h1,7-11H,2-3H3. The minimum Gasteiger partial charge on any atom is -0.106 e. The SMILES string of the molecule is C#CC#Cc1ccc(C(C)C)cc1. The molecule has 64 valence electrons. The molecule has 0 saturated carbocycles. The molecule has 0 saturated heterocycles. The molecule has 0 aliphatic rings. The van der Waals surface area contributed by atoms with Gasteiger partial charge in [-0.05, 0) is 35.5 Å². The third-order valence-electron chi connectivity index (χ3n) is 1.86. The van der Waals surface area contributed by atoms with Crippen molar-refractivity contribution in [3.05, 3.63) is 35.4 Å². The van der Waals surface area contributed by atoms with E-state index in [1.807, 2.05) is 12.1 Å². The van der Waals surface area contributed by atoms with E-state index in [0.717, 1.165) is 5.56 Å². The molecule has 0 aromatic heterocycles. The maximum Gasteiger partial charge on any atom is 0.0255 e. The van der Waals surface area contributed by atoms with Crippen molar-refractivity contribution in [3.63, 3.8) is 0 Å². The molecule has 1 aromatic rings. The molecule has 0 bridgehead atoms. The summed E-state index contributed by atoms with van der Waals surface area (Å²) in [4.78, 5) is 0. The molecule has 1 aromatic carbocycles. The van der Waals surface area contributed by atoms with Gasteiger partial charge in [0, 0.05) is 5.56 Å². The van der Waals surface area contributed by atoms with Crippen LogP contribution in [0.15, 0.2) is 24.3 Å². The van der Waals surface area contributed by atoms with E-state index in [1.54, 1.807) is 0 Å². The van der Waals surface area contributed by atoms with E-state index in [-0.39, 0.29) is 0 Å². The Hall–Kier alpha value is -1.66. The Morgan fingerprint density at radius 3 is 2.23 bits per heavy atom. The van der Waals surface area contributed by atoms with E-state index in [9.17, 15) is 0 Å². The zero-order valence-electron chi connectivity index (χ0n) is 7.96. The fourth-order valence-electron chi connectivity index (χ4n) is 1.06. The van der Waals surface area contributed by atoms with Gasteiger partial charge in [-0.25, -0.2) is 0 Å². The summed E-state index contributed by atoms with van der Waals surface area (Å²) < 4.78 is 0. The summed E-state index contributed by atoms with van der Waals surface area (Å²) in [6.07, 6.45) is 5.03. The molecule has 0 spiro atoms. The lowest BCUT2D eigenvalue weighted by atomic mass is 10.0. The minimum atomic E-state index is 0.564. The molecule has 0 amide bonds. The number of hydrogen-bond donors (Lipinski definition) is 0. The quantitative estimate of drug-likeness (QED) is 0.566. The Bertz CT molecular complexity index is 363. The molecule has 0 radical (unpaired) electrons. The minimum absolute atomic E-state index is 0.564. The smallest absolute Gasteiger partial charge is 0.0255 e. The molecule has 0 unspecified atom stereocenters. The van der Waals surface area contributed by atoms with Gasteiger partial charge in [-0.2, -0.15) is 0 Å². The number of terminal acetylenes is 1. The first-order valence-electron chi connectivity index (χ1n) is 4.30. The van der Waals surface area contributed by atoms with E-state index in [2.05, 4.69) is 43.7 Å². The van der Waals surface area contributed by atoms with Gasteiger partial charge in [-0.15, -0.1) is 6.42 Å². The van der Waals surface area contributed by atoms with Crippen LogP contribution in [0.1, 0.15) is 30.9 Å². The molecule has 0 nitrogen and oxygen atoms in total. The largest absolute Gasteiger partial charge is 0.106 e. The van der Waals surface area contributed by atoms with Crippen molar-refractivity contribution >= 4 is 0 Å². The average Bonchev–Trinajstić information content (AvgIpc) is 2.15. The molecule has 0 fully saturated rings. The summed E-state index contributed by atoms with van der Waals surface area (Å²) in [6, 6.07) is 8.18. The van der Waals surface area contributed by atoms with Crippen molar-refractivity contribution in [1.82, 2.24) is 0 Å². The maximum absolute atomic E-state index is 5.03. The average molecular weight is 168 g/mol. The second-order valence-corrected chi connectivity index (χ2v) is 3.17. The van der Waals surface area contributed by atoms with E-state index in [1.165, 1.54) is 5.56 Å². The highest BCUT2D eigenvalue weighted by molar-refractivity contribution is 5.40. The van der Waals surface area contributed by atoms with E-state index < -0.39 is 0 Å².